The van der Waals surface area contributed by atoms with Crippen molar-refractivity contribution in [2.45, 2.75) is 37.1 Å². The summed E-state index contributed by atoms with van der Waals surface area (Å²) in [5.74, 6) is 0.688. The summed E-state index contributed by atoms with van der Waals surface area (Å²) in [6.07, 6.45) is 0. The zero-order valence-electron chi connectivity index (χ0n) is 15.0. The molecule has 1 aromatic heterocycles. The highest BCUT2D eigenvalue weighted by Crippen LogP contribution is 2.25. The lowest BCUT2D eigenvalue weighted by atomic mass is 10.1. The Bertz CT molecular complexity index is 677. The highest BCUT2D eigenvalue weighted by molar-refractivity contribution is 14.0. The highest BCUT2D eigenvalue weighted by Gasteiger charge is 2.27. The summed E-state index contributed by atoms with van der Waals surface area (Å²) in [5, 5.41) is 6.48. The lowest BCUT2D eigenvalue weighted by Crippen LogP contribution is -2.47. The SMILES string of the molecule is CN=C(NCc1ccc(S(=O)(=O)N2CCOCC2)s1)NC(C)(C)C.I. The largest absolute Gasteiger partial charge is 0.379 e. The summed E-state index contributed by atoms with van der Waals surface area (Å²) in [6, 6.07) is 3.52. The Kier molecular flexibility index (Phi) is 8.58. The zero-order chi connectivity index (χ0) is 17.8. The fourth-order valence-corrected chi connectivity index (χ4v) is 5.07. The van der Waals surface area contributed by atoms with Gasteiger partial charge in [0, 0.05) is 30.6 Å². The molecule has 2 heterocycles. The maximum absolute atomic E-state index is 12.6. The molecule has 1 aromatic rings. The van der Waals surface area contributed by atoms with Crippen LogP contribution in [0.4, 0.5) is 0 Å². The first kappa shape index (κ1) is 22.6. The maximum atomic E-state index is 12.6. The summed E-state index contributed by atoms with van der Waals surface area (Å²) in [7, 11) is -1.70. The van der Waals surface area contributed by atoms with Gasteiger partial charge in [-0.3, -0.25) is 4.99 Å². The van der Waals surface area contributed by atoms with E-state index in [0.717, 1.165) is 4.88 Å². The second kappa shape index (κ2) is 9.49. The molecule has 144 valence electrons. The Morgan fingerprint density at radius 2 is 1.96 bits per heavy atom. The second-order valence-corrected chi connectivity index (χ2v) is 9.87. The zero-order valence-corrected chi connectivity index (χ0v) is 19.0. The van der Waals surface area contributed by atoms with Gasteiger partial charge in [0.1, 0.15) is 4.21 Å². The van der Waals surface area contributed by atoms with E-state index >= 15 is 0 Å². The van der Waals surface area contributed by atoms with Gasteiger partial charge in [-0.1, -0.05) is 0 Å². The Morgan fingerprint density at radius 3 is 2.52 bits per heavy atom. The molecule has 1 aliphatic heterocycles. The Morgan fingerprint density at radius 1 is 1.32 bits per heavy atom. The van der Waals surface area contributed by atoms with Crippen LogP contribution in [0.2, 0.25) is 0 Å². The number of ether oxygens (including phenoxy) is 1. The number of hydrogen-bond donors (Lipinski definition) is 2. The molecule has 1 saturated heterocycles. The van der Waals surface area contributed by atoms with E-state index in [2.05, 4.69) is 36.4 Å². The number of nitrogens with one attached hydrogen (secondary N) is 2. The van der Waals surface area contributed by atoms with Crippen molar-refractivity contribution in [3.05, 3.63) is 17.0 Å². The number of morpholine rings is 1. The van der Waals surface area contributed by atoms with E-state index in [1.807, 2.05) is 6.07 Å². The fraction of sp³-hybridized carbons (Fsp3) is 0.667. The number of thiophene rings is 1. The van der Waals surface area contributed by atoms with Crippen molar-refractivity contribution in [2.24, 2.45) is 4.99 Å². The van der Waals surface area contributed by atoms with Crippen molar-refractivity contribution in [1.82, 2.24) is 14.9 Å². The predicted octanol–water partition coefficient (Wildman–Crippen LogP) is 1.85. The van der Waals surface area contributed by atoms with Crippen LogP contribution < -0.4 is 10.6 Å². The minimum absolute atomic E-state index is 0. The van der Waals surface area contributed by atoms with Gasteiger partial charge in [-0.05, 0) is 32.9 Å². The van der Waals surface area contributed by atoms with E-state index in [0.29, 0.717) is 43.0 Å². The topological polar surface area (TPSA) is 83.0 Å². The van der Waals surface area contributed by atoms with Crippen molar-refractivity contribution < 1.29 is 13.2 Å². The van der Waals surface area contributed by atoms with Gasteiger partial charge < -0.3 is 15.4 Å². The van der Waals surface area contributed by atoms with Gasteiger partial charge in [0.25, 0.3) is 10.0 Å². The number of sulfonamides is 1. The molecular weight excluding hydrogens is 475 g/mol. The van der Waals surface area contributed by atoms with Crippen LogP contribution in [-0.4, -0.2) is 57.6 Å². The molecule has 1 aliphatic rings. The van der Waals surface area contributed by atoms with Crippen molar-refractivity contribution in [3.63, 3.8) is 0 Å². The van der Waals surface area contributed by atoms with E-state index in [-0.39, 0.29) is 29.5 Å². The smallest absolute Gasteiger partial charge is 0.252 e. The van der Waals surface area contributed by atoms with Gasteiger partial charge >= 0.3 is 0 Å². The molecule has 0 aliphatic carbocycles. The lowest BCUT2D eigenvalue weighted by molar-refractivity contribution is 0.0731. The Labute approximate surface area is 171 Å². The standard InChI is InChI=1S/C15H26N4O3S2.HI/c1-15(2,3)18-14(16-4)17-11-12-5-6-13(23-12)24(20,21)19-7-9-22-10-8-19;/h5-6H,7-11H2,1-4H3,(H2,16,17,18);1H. The molecule has 10 heteroatoms. The number of hydrogen-bond acceptors (Lipinski definition) is 5. The molecule has 2 N–H and O–H groups in total. The molecule has 0 bridgehead atoms. The first-order chi connectivity index (χ1) is 11.2. The molecule has 1 fully saturated rings. The predicted molar refractivity (Wildman–Crippen MR) is 112 cm³/mol. The number of guanidine groups is 1. The molecule has 0 aromatic carbocycles. The summed E-state index contributed by atoms with van der Waals surface area (Å²) in [6.45, 7) is 8.42. The van der Waals surface area contributed by atoms with Crippen molar-refractivity contribution in [1.29, 1.82) is 0 Å². The minimum Gasteiger partial charge on any atom is -0.379 e. The fourth-order valence-electron chi connectivity index (χ4n) is 2.21. The van der Waals surface area contributed by atoms with Crippen LogP contribution in [0.15, 0.2) is 21.3 Å². The van der Waals surface area contributed by atoms with Gasteiger partial charge in [-0.15, -0.1) is 35.3 Å². The summed E-state index contributed by atoms with van der Waals surface area (Å²) < 4.78 is 32.3. The Balaban J connectivity index is 0.00000312. The minimum atomic E-state index is -3.42. The van der Waals surface area contributed by atoms with Gasteiger partial charge in [0.2, 0.25) is 0 Å². The van der Waals surface area contributed by atoms with Crippen molar-refractivity contribution >= 4 is 51.3 Å². The number of halogens is 1. The van der Waals surface area contributed by atoms with Gasteiger partial charge in [0.15, 0.2) is 5.96 Å². The third kappa shape index (κ3) is 6.66. The molecule has 0 radical (unpaired) electrons. The van der Waals surface area contributed by atoms with Crippen LogP contribution in [-0.2, 0) is 21.3 Å². The summed E-state index contributed by atoms with van der Waals surface area (Å²) in [5.41, 5.74) is -0.0951. The van der Waals surface area contributed by atoms with Crippen LogP contribution in [0.3, 0.4) is 0 Å². The molecule has 0 spiro atoms. The van der Waals surface area contributed by atoms with E-state index in [9.17, 15) is 8.42 Å². The summed E-state index contributed by atoms with van der Waals surface area (Å²) >= 11 is 1.29. The third-order valence-corrected chi connectivity index (χ3v) is 6.80. The van der Waals surface area contributed by atoms with Crippen molar-refractivity contribution in [3.8, 4) is 0 Å². The summed E-state index contributed by atoms with van der Waals surface area (Å²) in [4.78, 5) is 5.12. The van der Waals surface area contributed by atoms with Crippen molar-refractivity contribution in [2.75, 3.05) is 33.4 Å². The quantitative estimate of drug-likeness (QED) is 0.373. The monoisotopic (exact) mass is 502 g/mol. The number of rotatable bonds is 4. The maximum Gasteiger partial charge on any atom is 0.252 e. The molecule has 0 unspecified atom stereocenters. The number of nitrogens with zero attached hydrogens (tertiary/aromatic N) is 2. The molecule has 25 heavy (non-hydrogen) atoms. The number of aliphatic imine (C=N–C) groups is 1. The molecular formula is C15H27IN4O3S2. The molecule has 0 saturated carbocycles. The van der Waals surface area contributed by atoms with Gasteiger partial charge in [-0.2, -0.15) is 4.31 Å². The molecule has 2 rings (SSSR count). The molecule has 7 nitrogen and oxygen atoms in total. The normalized spacial score (nSPS) is 17.0. The van der Waals surface area contributed by atoms with E-state index in [1.54, 1.807) is 13.1 Å². The van der Waals surface area contributed by atoms with Crippen LogP contribution in [0.1, 0.15) is 25.6 Å². The van der Waals surface area contributed by atoms with Gasteiger partial charge in [-0.25, -0.2) is 8.42 Å². The molecule has 0 atom stereocenters. The lowest BCUT2D eigenvalue weighted by Gasteiger charge is -2.25. The van der Waals surface area contributed by atoms with Crippen LogP contribution in [0, 0.1) is 0 Å². The van der Waals surface area contributed by atoms with Crippen LogP contribution in [0.25, 0.3) is 0 Å². The first-order valence-corrected chi connectivity index (χ1v) is 10.1. The average molecular weight is 502 g/mol. The molecule has 0 amide bonds. The van der Waals surface area contributed by atoms with E-state index in [1.165, 1.54) is 15.6 Å². The Hall–Kier alpha value is -0.430. The van der Waals surface area contributed by atoms with E-state index in [4.69, 9.17) is 4.74 Å². The first-order valence-electron chi connectivity index (χ1n) is 7.88. The highest BCUT2D eigenvalue weighted by atomic mass is 127. The van der Waals surface area contributed by atoms with Crippen LogP contribution >= 0.6 is 35.3 Å². The average Bonchev–Trinajstić information content (AvgIpc) is 3.01. The third-order valence-electron chi connectivity index (χ3n) is 3.35. The van der Waals surface area contributed by atoms with Gasteiger partial charge in [0.05, 0.1) is 19.8 Å². The second-order valence-electron chi connectivity index (χ2n) is 6.54. The van der Waals surface area contributed by atoms with Crippen LogP contribution in [0.5, 0.6) is 0 Å². The van der Waals surface area contributed by atoms with E-state index < -0.39 is 10.0 Å².